The van der Waals surface area contributed by atoms with E-state index >= 15 is 0 Å². The van der Waals surface area contributed by atoms with E-state index in [-0.39, 0.29) is 28.9 Å². The van der Waals surface area contributed by atoms with Crippen molar-refractivity contribution < 1.29 is 9.31 Å². The molecule has 7 heteroatoms. The van der Waals surface area contributed by atoms with Crippen LogP contribution in [0.3, 0.4) is 0 Å². The van der Waals surface area contributed by atoms with Crippen LogP contribution in [0.1, 0.15) is 5.56 Å². The molecule has 19 heavy (non-hydrogen) atoms. The number of nitrogens with one attached hydrogen (secondary N) is 1. The molecule has 2 rings (SSSR count). The van der Waals surface area contributed by atoms with E-state index in [0.29, 0.717) is 5.56 Å². The molecule has 0 aliphatic carbocycles. The molecule has 0 aliphatic rings. The number of pyridine rings is 1. The van der Waals surface area contributed by atoms with Gasteiger partial charge < -0.3 is 5.32 Å². The maximum Gasteiger partial charge on any atom is 0.312 e. The number of hydrogen-bond acceptors (Lipinski definition) is 4. The number of nitrogens with zero attached hydrogens (tertiary/aromatic N) is 2. The van der Waals surface area contributed by atoms with Crippen LogP contribution in [0.15, 0.2) is 36.5 Å². The second kappa shape index (κ2) is 5.62. The maximum absolute atomic E-state index is 13.0. The Balaban J connectivity index is 2.17. The lowest BCUT2D eigenvalue weighted by atomic mass is 10.2. The third-order valence-corrected chi connectivity index (χ3v) is 2.59. The smallest absolute Gasteiger partial charge is 0.312 e. The lowest BCUT2D eigenvalue weighted by Crippen LogP contribution is -2.04. The van der Waals surface area contributed by atoms with Crippen molar-refractivity contribution >= 4 is 23.1 Å². The Morgan fingerprint density at radius 1 is 1.42 bits per heavy atom. The molecule has 0 unspecified atom stereocenters. The van der Waals surface area contributed by atoms with Gasteiger partial charge in [-0.15, -0.1) is 0 Å². The molecule has 2 aromatic rings. The summed E-state index contributed by atoms with van der Waals surface area (Å²) in [7, 11) is 0. The normalized spacial score (nSPS) is 10.2. The molecule has 0 radical (unpaired) electrons. The van der Waals surface area contributed by atoms with Crippen molar-refractivity contribution in [1.29, 1.82) is 0 Å². The third kappa shape index (κ3) is 3.38. The van der Waals surface area contributed by atoms with Crippen LogP contribution in [-0.2, 0) is 6.54 Å². The first-order valence-corrected chi connectivity index (χ1v) is 5.72. The van der Waals surface area contributed by atoms with Crippen molar-refractivity contribution in [3.05, 3.63) is 63.0 Å². The van der Waals surface area contributed by atoms with Crippen molar-refractivity contribution in [2.24, 2.45) is 0 Å². The molecule has 0 aliphatic heterocycles. The topological polar surface area (TPSA) is 68.1 Å². The van der Waals surface area contributed by atoms with Crippen molar-refractivity contribution in [2.75, 3.05) is 5.32 Å². The van der Waals surface area contributed by atoms with Crippen LogP contribution in [0.25, 0.3) is 0 Å². The summed E-state index contributed by atoms with van der Waals surface area (Å²) in [5.74, 6) is -0.267. The van der Waals surface area contributed by atoms with Crippen molar-refractivity contribution in [3.63, 3.8) is 0 Å². The molecule has 0 bridgehead atoms. The summed E-state index contributed by atoms with van der Waals surface area (Å²) < 4.78 is 13.0. The summed E-state index contributed by atoms with van der Waals surface area (Å²) >= 11 is 5.65. The minimum absolute atomic E-state index is 0.0960. The van der Waals surface area contributed by atoms with Crippen molar-refractivity contribution in [3.8, 4) is 0 Å². The predicted molar refractivity (Wildman–Crippen MR) is 69.6 cm³/mol. The fourth-order valence-corrected chi connectivity index (χ4v) is 1.69. The van der Waals surface area contributed by atoms with Gasteiger partial charge in [0.1, 0.15) is 5.82 Å². The second-order valence-electron chi connectivity index (χ2n) is 3.76. The molecule has 98 valence electrons. The minimum atomic E-state index is -0.577. The summed E-state index contributed by atoms with van der Waals surface area (Å²) in [5.41, 5.74) is 0.440. The molecule has 1 aromatic carbocycles. The van der Waals surface area contributed by atoms with Gasteiger partial charge in [0.05, 0.1) is 9.95 Å². The average Bonchev–Trinajstić information content (AvgIpc) is 2.37. The van der Waals surface area contributed by atoms with Crippen molar-refractivity contribution in [2.45, 2.75) is 6.54 Å². The van der Waals surface area contributed by atoms with E-state index in [9.17, 15) is 14.5 Å². The van der Waals surface area contributed by atoms with Gasteiger partial charge in [0, 0.05) is 18.8 Å². The number of nitro groups is 1. The highest BCUT2D eigenvalue weighted by atomic mass is 35.5. The SMILES string of the molecule is O=[N+]([O-])c1cc(Cl)cnc1NCc1cccc(F)c1. The van der Waals surface area contributed by atoms with Crippen LogP contribution in [0.4, 0.5) is 15.9 Å². The number of benzene rings is 1. The van der Waals surface area contributed by atoms with Gasteiger partial charge in [0.15, 0.2) is 0 Å². The fraction of sp³-hybridized carbons (Fsp3) is 0.0833. The monoisotopic (exact) mass is 281 g/mol. The van der Waals surface area contributed by atoms with E-state index in [0.717, 1.165) is 0 Å². The summed E-state index contributed by atoms with van der Waals surface area (Å²) in [6, 6.07) is 7.15. The molecule has 1 heterocycles. The first kappa shape index (κ1) is 13.2. The Hall–Kier alpha value is -2.21. The molecule has 0 saturated carbocycles. The molecular weight excluding hydrogens is 273 g/mol. The van der Waals surface area contributed by atoms with E-state index in [4.69, 9.17) is 11.6 Å². The van der Waals surface area contributed by atoms with Gasteiger partial charge in [-0.05, 0) is 17.7 Å². The van der Waals surface area contributed by atoms with Gasteiger partial charge in [-0.1, -0.05) is 23.7 Å². The zero-order valence-electron chi connectivity index (χ0n) is 9.64. The molecule has 0 atom stereocenters. The standard InChI is InChI=1S/C12H9ClFN3O2/c13-9-5-11(17(18)19)12(16-7-9)15-6-8-2-1-3-10(14)4-8/h1-5,7H,6H2,(H,15,16). The summed E-state index contributed by atoms with van der Waals surface area (Å²) in [5, 5.41) is 13.8. The summed E-state index contributed by atoms with van der Waals surface area (Å²) in [6.45, 7) is 0.229. The molecule has 1 N–H and O–H groups in total. The van der Waals surface area contributed by atoms with Crippen LogP contribution < -0.4 is 5.32 Å². The van der Waals surface area contributed by atoms with Gasteiger partial charge >= 0.3 is 5.69 Å². The van der Waals surface area contributed by atoms with E-state index in [1.807, 2.05) is 0 Å². The predicted octanol–water partition coefficient (Wildman–Crippen LogP) is 3.39. The zero-order chi connectivity index (χ0) is 13.8. The number of anilines is 1. The molecule has 0 spiro atoms. The maximum atomic E-state index is 13.0. The van der Waals surface area contributed by atoms with E-state index < -0.39 is 4.92 Å². The van der Waals surface area contributed by atoms with Gasteiger partial charge in [-0.3, -0.25) is 10.1 Å². The van der Waals surface area contributed by atoms with E-state index in [1.165, 1.54) is 24.4 Å². The number of rotatable bonds is 4. The first-order valence-electron chi connectivity index (χ1n) is 5.34. The van der Waals surface area contributed by atoms with Crippen molar-refractivity contribution in [1.82, 2.24) is 4.98 Å². The molecule has 0 amide bonds. The minimum Gasteiger partial charge on any atom is -0.360 e. The highest BCUT2D eigenvalue weighted by molar-refractivity contribution is 6.30. The molecule has 1 aromatic heterocycles. The third-order valence-electron chi connectivity index (χ3n) is 2.38. The lowest BCUT2D eigenvalue weighted by Gasteiger charge is -2.06. The Labute approximate surface area is 113 Å². The highest BCUT2D eigenvalue weighted by Gasteiger charge is 2.15. The molecule has 0 fully saturated rings. The van der Waals surface area contributed by atoms with Crippen LogP contribution in [0.5, 0.6) is 0 Å². The van der Waals surface area contributed by atoms with E-state index in [1.54, 1.807) is 12.1 Å². The Morgan fingerprint density at radius 2 is 2.21 bits per heavy atom. The summed E-state index contributed by atoms with van der Waals surface area (Å²) in [4.78, 5) is 14.1. The first-order chi connectivity index (χ1) is 9.06. The fourth-order valence-electron chi connectivity index (χ4n) is 1.54. The Kier molecular flexibility index (Phi) is 3.91. The number of halogens is 2. The molecular formula is C12H9ClFN3O2. The largest absolute Gasteiger partial charge is 0.360 e. The van der Waals surface area contributed by atoms with Crippen LogP contribution in [0.2, 0.25) is 5.02 Å². The van der Waals surface area contributed by atoms with Gasteiger partial charge in [-0.25, -0.2) is 9.37 Å². The molecule has 5 nitrogen and oxygen atoms in total. The summed E-state index contributed by atoms with van der Waals surface area (Å²) in [6.07, 6.45) is 1.31. The number of hydrogen-bond donors (Lipinski definition) is 1. The van der Waals surface area contributed by atoms with Crippen LogP contribution >= 0.6 is 11.6 Å². The van der Waals surface area contributed by atoms with Gasteiger partial charge in [0.25, 0.3) is 0 Å². The zero-order valence-corrected chi connectivity index (χ0v) is 10.4. The number of aromatic nitrogens is 1. The molecule has 0 saturated heterocycles. The quantitative estimate of drug-likeness (QED) is 0.689. The Morgan fingerprint density at radius 3 is 2.89 bits per heavy atom. The van der Waals surface area contributed by atoms with E-state index in [2.05, 4.69) is 10.3 Å². The second-order valence-corrected chi connectivity index (χ2v) is 4.20. The highest BCUT2D eigenvalue weighted by Crippen LogP contribution is 2.25. The van der Waals surface area contributed by atoms with Gasteiger partial charge in [0.2, 0.25) is 5.82 Å². The van der Waals surface area contributed by atoms with Crippen LogP contribution in [-0.4, -0.2) is 9.91 Å². The van der Waals surface area contributed by atoms with Gasteiger partial charge in [-0.2, -0.15) is 0 Å². The lowest BCUT2D eigenvalue weighted by molar-refractivity contribution is -0.384. The Bertz CT molecular complexity index is 622. The van der Waals surface area contributed by atoms with Crippen LogP contribution in [0, 0.1) is 15.9 Å². The average molecular weight is 282 g/mol.